The monoisotopic (exact) mass is 217 g/mol. The van der Waals surface area contributed by atoms with Gasteiger partial charge in [0, 0.05) is 0 Å². The van der Waals surface area contributed by atoms with Gasteiger partial charge < -0.3 is 10.1 Å². The van der Waals surface area contributed by atoms with Gasteiger partial charge in [-0.05, 0) is 44.2 Å². The van der Waals surface area contributed by atoms with Crippen molar-refractivity contribution in [2.75, 3.05) is 11.9 Å². The van der Waals surface area contributed by atoms with Crippen LogP contribution in [0.4, 0.5) is 5.69 Å². The molecule has 86 valence electrons. The molecule has 0 amide bonds. The van der Waals surface area contributed by atoms with Crippen LogP contribution < -0.4 is 10.1 Å². The lowest BCUT2D eigenvalue weighted by Gasteiger charge is -2.42. The van der Waals surface area contributed by atoms with Gasteiger partial charge in [0.1, 0.15) is 11.4 Å². The van der Waals surface area contributed by atoms with Gasteiger partial charge in [-0.3, -0.25) is 0 Å². The summed E-state index contributed by atoms with van der Waals surface area (Å²) in [6.45, 7) is 3.10. The number of rotatable bonds is 0. The maximum Gasteiger partial charge on any atom is 0.146 e. The Bertz CT molecular complexity index is 394. The molecule has 1 aromatic carbocycles. The van der Waals surface area contributed by atoms with E-state index >= 15 is 0 Å². The van der Waals surface area contributed by atoms with Crippen LogP contribution in [0.25, 0.3) is 0 Å². The van der Waals surface area contributed by atoms with E-state index in [1.54, 1.807) is 0 Å². The van der Waals surface area contributed by atoms with Crippen LogP contribution in [0.1, 0.15) is 37.7 Å². The van der Waals surface area contributed by atoms with E-state index in [0.29, 0.717) is 0 Å². The molecule has 0 unspecified atom stereocenters. The van der Waals surface area contributed by atoms with Gasteiger partial charge in [-0.25, -0.2) is 0 Å². The molecule has 1 N–H and O–H groups in total. The van der Waals surface area contributed by atoms with E-state index in [4.69, 9.17) is 4.74 Å². The zero-order valence-electron chi connectivity index (χ0n) is 9.88. The highest BCUT2D eigenvalue weighted by Gasteiger charge is 2.37. The van der Waals surface area contributed by atoms with Crippen LogP contribution in [-0.2, 0) is 0 Å². The number of benzene rings is 1. The third-order valence-electron chi connectivity index (χ3n) is 3.90. The van der Waals surface area contributed by atoms with E-state index in [0.717, 1.165) is 18.0 Å². The van der Waals surface area contributed by atoms with Gasteiger partial charge in [-0.1, -0.05) is 18.6 Å². The van der Waals surface area contributed by atoms with Crippen LogP contribution >= 0.6 is 0 Å². The van der Waals surface area contributed by atoms with E-state index in [-0.39, 0.29) is 5.60 Å². The Balaban J connectivity index is 1.92. The largest absolute Gasteiger partial charge is 0.483 e. The molecule has 1 aromatic rings. The highest BCUT2D eigenvalue weighted by Crippen LogP contribution is 2.41. The minimum absolute atomic E-state index is 0.0807. The molecule has 1 fully saturated rings. The molecule has 1 saturated carbocycles. The molecule has 0 bridgehead atoms. The molecule has 0 radical (unpaired) electrons. The summed E-state index contributed by atoms with van der Waals surface area (Å²) in [6.07, 6.45) is 6.39. The average molecular weight is 217 g/mol. The highest BCUT2D eigenvalue weighted by atomic mass is 16.5. The Hall–Kier alpha value is -1.18. The summed E-state index contributed by atoms with van der Waals surface area (Å²) in [5.41, 5.74) is 2.49. The van der Waals surface area contributed by atoms with Crippen LogP contribution in [-0.4, -0.2) is 12.1 Å². The predicted molar refractivity (Wildman–Crippen MR) is 66.1 cm³/mol. The highest BCUT2D eigenvalue weighted by molar-refractivity contribution is 5.61. The summed E-state index contributed by atoms with van der Waals surface area (Å²) in [4.78, 5) is 0. The quantitative estimate of drug-likeness (QED) is 0.718. The molecule has 0 atom stereocenters. The number of hydrogen-bond donors (Lipinski definition) is 1. The smallest absolute Gasteiger partial charge is 0.146 e. The van der Waals surface area contributed by atoms with Crippen LogP contribution in [0.5, 0.6) is 5.75 Å². The molecular formula is C14H19NO. The van der Waals surface area contributed by atoms with E-state index in [9.17, 15) is 0 Å². The van der Waals surface area contributed by atoms with Crippen molar-refractivity contribution >= 4 is 5.69 Å². The Labute approximate surface area is 97.0 Å². The Morgan fingerprint density at radius 2 is 2.00 bits per heavy atom. The van der Waals surface area contributed by atoms with Gasteiger partial charge >= 0.3 is 0 Å². The molecule has 2 nitrogen and oxygen atoms in total. The Morgan fingerprint density at radius 1 is 1.19 bits per heavy atom. The van der Waals surface area contributed by atoms with Crippen LogP contribution in [0.15, 0.2) is 18.2 Å². The van der Waals surface area contributed by atoms with Gasteiger partial charge in [0.15, 0.2) is 0 Å². The molecular weight excluding hydrogens is 198 g/mol. The molecule has 0 aromatic heterocycles. The lowest BCUT2D eigenvalue weighted by Crippen LogP contribution is -2.47. The maximum atomic E-state index is 6.33. The normalized spacial score (nSPS) is 22.1. The summed E-state index contributed by atoms with van der Waals surface area (Å²) in [5.74, 6) is 1.08. The number of fused-ring (bicyclic) bond motifs is 1. The molecule has 3 rings (SSSR count). The minimum Gasteiger partial charge on any atom is -0.483 e. The van der Waals surface area contributed by atoms with Crippen molar-refractivity contribution in [1.29, 1.82) is 0 Å². The zero-order chi connectivity index (χ0) is 11.0. The first-order valence-electron chi connectivity index (χ1n) is 6.32. The molecule has 1 aliphatic carbocycles. The SMILES string of the molecule is Cc1cccc2c1OC1(CCCCC1)CN2. The molecule has 0 saturated heterocycles. The Morgan fingerprint density at radius 3 is 2.81 bits per heavy atom. The van der Waals surface area contributed by atoms with Gasteiger partial charge in [0.2, 0.25) is 0 Å². The fourth-order valence-electron chi connectivity index (χ4n) is 2.91. The zero-order valence-corrected chi connectivity index (χ0v) is 9.88. The maximum absolute atomic E-state index is 6.33. The minimum atomic E-state index is 0.0807. The second-order valence-corrected chi connectivity index (χ2v) is 5.15. The van der Waals surface area contributed by atoms with Gasteiger partial charge in [0.25, 0.3) is 0 Å². The van der Waals surface area contributed by atoms with Crippen molar-refractivity contribution in [3.63, 3.8) is 0 Å². The second kappa shape index (κ2) is 3.69. The summed E-state index contributed by atoms with van der Waals surface area (Å²) in [7, 11) is 0. The third-order valence-corrected chi connectivity index (χ3v) is 3.90. The van der Waals surface area contributed by atoms with Crippen molar-refractivity contribution in [2.24, 2.45) is 0 Å². The number of ether oxygens (including phenoxy) is 1. The average Bonchev–Trinajstić information content (AvgIpc) is 2.32. The topological polar surface area (TPSA) is 21.3 Å². The molecule has 1 spiro atoms. The number of para-hydroxylation sites is 1. The first-order chi connectivity index (χ1) is 7.79. The van der Waals surface area contributed by atoms with Crippen LogP contribution in [0, 0.1) is 6.92 Å². The molecule has 2 aliphatic rings. The lowest BCUT2D eigenvalue weighted by molar-refractivity contribution is 0.0362. The van der Waals surface area contributed by atoms with Crippen LogP contribution in [0.3, 0.4) is 0 Å². The molecule has 16 heavy (non-hydrogen) atoms. The predicted octanol–water partition coefficient (Wildman–Crippen LogP) is 3.50. The lowest BCUT2D eigenvalue weighted by atomic mass is 9.83. The summed E-state index contributed by atoms with van der Waals surface area (Å²) in [6, 6.07) is 6.32. The van der Waals surface area contributed by atoms with Gasteiger partial charge in [0.05, 0.1) is 12.2 Å². The van der Waals surface area contributed by atoms with Crippen molar-refractivity contribution < 1.29 is 4.74 Å². The van der Waals surface area contributed by atoms with E-state index in [1.165, 1.54) is 37.7 Å². The van der Waals surface area contributed by atoms with Crippen molar-refractivity contribution in [3.05, 3.63) is 23.8 Å². The van der Waals surface area contributed by atoms with E-state index in [1.807, 2.05) is 0 Å². The number of anilines is 1. The standard InChI is InChI=1S/C14H19NO/c1-11-6-5-7-12-13(11)16-14(10-15-12)8-3-2-4-9-14/h5-7,15H,2-4,8-10H2,1H3. The van der Waals surface area contributed by atoms with Crippen molar-refractivity contribution in [2.45, 2.75) is 44.6 Å². The van der Waals surface area contributed by atoms with E-state index in [2.05, 4.69) is 30.4 Å². The summed E-state index contributed by atoms with van der Waals surface area (Å²) in [5, 5.41) is 3.54. The third kappa shape index (κ3) is 1.57. The number of aryl methyl sites for hydroxylation is 1. The first kappa shape index (κ1) is 10.0. The fraction of sp³-hybridized carbons (Fsp3) is 0.571. The molecule has 1 aliphatic heterocycles. The molecule has 1 heterocycles. The summed E-state index contributed by atoms with van der Waals surface area (Å²) >= 11 is 0. The Kier molecular flexibility index (Phi) is 2.31. The molecule has 2 heteroatoms. The van der Waals surface area contributed by atoms with Gasteiger partial charge in [-0.15, -0.1) is 0 Å². The first-order valence-corrected chi connectivity index (χ1v) is 6.32. The van der Waals surface area contributed by atoms with Crippen molar-refractivity contribution in [1.82, 2.24) is 0 Å². The van der Waals surface area contributed by atoms with Crippen molar-refractivity contribution in [3.8, 4) is 5.75 Å². The fourth-order valence-corrected chi connectivity index (χ4v) is 2.91. The van der Waals surface area contributed by atoms with Gasteiger partial charge in [-0.2, -0.15) is 0 Å². The second-order valence-electron chi connectivity index (χ2n) is 5.15. The number of hydrogen-bond acceptors (Lipinski definition) is 2. The van der Waals surface area contributed by atoms with Crippen LogP contribution in [0.2, 0.25) is 0 Å². The number of nitrogens with one attached hydrogen (secondary N) is 1. The van der Waals surface area contributed by atoms with E-state index < -0.39 is 0 Å². The summed E-state index contributed by atoms with van der Waals surface area (Å²) < 4.78 is 6.33.